The van der Waals surface area contributed by atoms with Gasteiger partial charge in [-0.25, -0.2) is 23.4 Å². The first-order chi connectivity index (χ1) is 21.6. The summed E-state index contributed by atoms with van der Waals surface area (Å²) in [6.45, 7) is 3.56. The molecule has 14 heteroatoms. The quantitative estimate of drug-likeness (QED) is 0.115. The predicted molar refractivity (Wildman–Crippen MR) is 172 cm³/mol. The van der Waals surface area contributed by atoms with E-state index < -0.39 is 4.92 Å². The summed E-state index contributed by atoms with van der Waals surface area (Å²) in [6.07, 6.45) is 1.51. The minimum Gasteiger partial charge on any atom is -0.283 e. The lowest BCUT2D eigenvalue weighted by Gasteiger charge is -2.07. The van der Waals surface area contributed by atoms with Gasteiger partial charge in [0.15, 0.2) is 5.69 Å². The summed E-state index contributed by atoms with van der Waals surface area (Å²) < 4.78 is 19.8. The average Bonchev–Trinajstić information content (AvgIpc) is 3.64. The predicted octanol–water partition coefficient (Wildman–Crippen LogP) is 6.32. The van der Waals surface area contributed by atoms with Crippen molar-refractivity contribution in [2.45, 2.75) is 13.8 Å². The molecule has 0 fully saturated rings. The van der Waals surface area contributed by atoms with E-state index in [0.29, 0.717) is 44.4 Å². The molecule has 0 radical (unpaired) electrons. The molecular formula is C31H24ClFN8O3S. The van der Waals surface area contributed by atoms with Gasteiger partial charge in [-0.1, -0.05) is 41.9 Å². The van der Waals surface area contributed by atoms with Crippen LogP contribution in [0.5, 0.6) is 0 Å². The number of nitrogens with zero attached hydrogens (tertiary/aromatic N) is 8. The normalized spacial score (nSPS) is 12.0. The molecule has 0 saturated heterocycles. The van der Waals surface area contributed by atoms with Crippen LogP contribution >= 0.6 is 22.9 Å². The van der Waals surface area contributed by atoms with Crippen molar-refractivity contribution in [1.82, 2.24) is 23.8 Å². The maximum atomic E-state index is 13.6. The van der Waals surface area contributed by atoms with E-state index in [1.807, 2.05) is 30.3 Å². The molecule has 0 aliphatic rings. The van der Waals surface area contributed by atoms with Gasteiger partial charge in [-0.15, -0.1) is 11.3 Å². The highest BCUT2D eigenvalue weighted by Gasteiger charge is 2.18. The van der Waals surface area contributed by atoms with Gasteiger partial charge in [0.1, 0.15) is 11.0 Å². The molecule has 0 aliphatic carbocycles. The number of nitro benzene ring substituents is 1. The Hall–Kier alpha value is -5.40. The van der Waals surface area contributed by atoms with Crippen LogP contribution in [0.15, 0.2) is 99.1 Å². The molecule has 0 aliphatic heterocycles. The second-order valence-corrected chi connectivity index (χ2v) is 11.2. The van der Waals surface area contributed by atoms with E-state index in [0.717, 1.165) is 0 Å². The lowest BCUT2D eigenvalue weighted by molar-refractivity contribution is -0.384. The number of halogens is 2. The van der Waals surface area contributed by atoms with E-state index in [1.165, 1.54) is 55.9 Å². The first-order valence-corrected chi connectivity index (χ1v) is 14.8. The minimum absolute atomic E-state index is 0.0863. The largest absolute Gasteiger partial charge is 0.297 e. The minimum atomic E-state index is -0.471. The van der Waals surface area contributed by atoms with Crippen molar-refractivity contribution in [3.8, 4) is 22.6 Å². The van der Waals surface area contributed by atoms with Crippen LogP contribution in [0, 0.1) is 29.8 Å². The Kier molecular flexibility index (Phi) is 7.87. The maximum absolute atomic E-state index is 13.6. The highest BCUT2D eigenvalue weighted by atomic mass is 35.5. The molecule has 3 heterocycles. The summed E-state index contributed by atoms with van der Waals surface area (Å²) in [6, 6.07) is 21.1. The van der Waals surface area contributed by atoms with Crippen molar-refractivity contribution in [3.05, 3.63) is 137 Å². The van der Waals surface area contributed by atoms with Crippen molar-refractivity contribution >= 4 is 40.5 Å². The fraction of sp³-hybridized carbons (Fsp3) is 0.0968. The highest BCUT2D eigenvalue weighted by Crippen LogP contribution is 2.26. The Bertz CT molecular complexity index is 2230. The van der Waals surface area contributed by atoms with Gasteiger partial charge >= 0.3 is 0 Å². The van der Waals surface area contributed by atoms with Crippen LogP contribution in [0.2, 0.25) is 5.15 Å². The third kappa shape index (κ3) is 5.54. The van der Waals surface area contributed by atoms with E-state index in [4.69, 9.17) is 21.7 Å². The zero-order valence-electron chi connectivity index (χ0n) is 24.1. The zero-order chi connectivity index (χ0) is 31.8. The van der Waals surface area contributed by atoms with E-state index in [9.17, 15) is 19.3 Å². The Morgan fingerprint density at radius 3 is 2.47 bits per heavy atom. The molecule has 0 N–H and O–H groups in total. The third-order valence-electron chi connectivity index (χ3n) is 7.19. The van der Waals surface area contributed by atoms with E-state index >= 15 is 0 Å². The second-order valence-electron chi connectivity index (χ2n) is 9.97. The monoisotopic (exact) mass is 642 g/mol. The van der Waals surface area contributed by atoms with Gasteiger partial charge in [0.05, 0.1) is 45.2 Å². The number of para-hydroxylation sites is 1. The molecule has 226 valence electrons. The van der Waals surface area contributed by atoms with Crippen molar-refractivity contribution < 1.29 is 9.31 Å². The number of non-ortho nitro benzene ring substituents is 1. The van der Waals surface area contributed by atoms with E-state index in [2.05, 4.69) is 5.10 Å². The number of rotatable bonds is 7. The van der Waals surface area contributed by atoms with Gasteiger partial charge in [-0.05, 0) is 50.2 Å². The average molecular weight is 643 g/mol. The summed E-state index contributed by atoms with van der Waals surface area (Å²) in [5, 5.41) is 22.7. The van der Waals surface area contributed by atoms with Crippen LogP contribution in [-0.4, -0.2) is 35.0 Å². The van der Waals surface area contributed by atoms with Crippen molar-refractivity contribution in [3.63, 3.8) is 0 Å². The molecule has 0 spiro atoms. The number of aryl methyl sites for hydroxylation is 1. The summed E-state index contributed by atoms with van der Waals surface area (Å²) in [5.41, 5.74) is 3.79. The summed E-state index contributed by atoms with van der Waals surface area (Å²) in [4.78, 5) is 29.8. The lowest BCUT2D eigenvalue weighted by Crippen LogP contribution is -2.19. The standard InChI is InChI=1S/C31H24ClFN8O3S/c1-19-26(29(32)38(36-19)23-14-12-22(33)13-15-23)17-34-39-27(21-8-7-11-25(16-21)41(43)44)18-45-31(39)35-28-20(2)37(3)40(30(28)42)24-9-5-4-6-10-24/h4-18H,1-3H3. The Balaban J connectivity index is 1.53. The summed E-state index contributed by atoms with van der Waals surface area (Å²) >= 11 is 7.93. The van der Waals surface area contributed by atoms with E-state index in [1.54, 1.807) is 55.2 Å². The van der Waals surface area contributed by atoms with Gasteiger partial charge in [-0.3, -0.25) is 19.6 Å². The maximum Gasteiger partial charge on any atom is 0.297 e. The van der Waals surface area contributed by atoms with Gasteiger partial charge < -0.3 is 0 Å². The number of nitro groups is 1. The first kappa shape index (κ1) is 29.7. The smallest absolute Gasteiger partial charge is 0.283 e. The molecule has 0 amide bonds. The number of benzene rings is 3. The second kappa shape index (κ2) is 11.9. The summed E-state index contributed by atoms with van der Waals surface area (Å²) in [7, 11) is 1.78. The van der Waals surface area contributed by atoms with Gasteiger partial charge in [0, 0.05) is 30.1 Å². The number of hydrogen-bond donors (Lipinski definition) is 0. The van der Waals surface area contributed by atoms with Crippen molar-refractivity contribution in [2.24, 2.45) is 17.1 Å². The van der Waals surface area contributed by atoms with Crippen molar-refractivity contribution in [1.29, 1.82) is 0 Å². The molecule has 6 rings (SSSR count). The van der Waals surface area contributed by atoms with E-state index in [-0.39, 0.29) is 27.9 Å². The molecular weight excluding hydrogens is 619 g/mol. The molecule has 6 aromatic rings. The SMILES string of the molecule is Cc1nn(-c2ccc(F)cc2)c(Cl)c1C=Nn1c(-c2cccc([N+](=O)[O-])c2)csc1=Nc1c(C)n(C)n(-c2ccccc2)c1=O. The number of aromatic nitrogens is 5. The molecule has 3 aromatic heterocycles. The Labute approximate surface area is 264 Å². The third-order valence-corrected chi connectivity index (χ3v) is 8.37. The molecule has 0 bridgehead atoms. The van der Waals surface area contributed by atoms with Crippen molar-refractivity contribution in [2.75, 3.05) is 0 Å². The summed E-state index contributed by atoms with van der Waals surface area (Å²) in [5.74, 6) is -0.386. The van der Waals surface area contributed by atoms with Gasteiger partial charge in [0.2, 0.25) is 4.80 Å². The lowest BCUT2D eigenvalue weighted by atomic mass is 10.1. The topological polar surface area (TPSA) is 118 Å². The molecule has 11 nitrogen and oxygen atoms in total. The Morgan fingerprint density at radius 1 is 1.02 bits per heavy atom. The molecule has 0 saturated carbocycles. The molecule has 0 unspecified atom stereocenters. The fourth-order valence-corrected chi connectivity index (χ4v) is 5.93. The zero-order valence-corrected chi connectivity index (χ0v) is 25.7. The van der Waals surface area contributed by atoms with Gasteiger partial charge in [0.25, 0.3) is 11.2 Å². The molecule has 45 heavy (non-hydrogen) atoms. The van der Waals surface area contributed by atoms with Crippen LogP contribution in [0.1, 0.15) is 17.0 Å². The highest BCUT2D eigenvalue weighted by molar-refractivity contribution is 7.07. The van der Waals surface area contributed by atoms with Crippen LogP contribution in [0.3, 0.4) is 0 Å². The van der Waals surface area contributed by atoms with Gasteiger partial charge in [-0.2, -0.15) is 10.2 Å². The number of thiazole rings is 1. The Morgan fingerprint density at radius 2 is 1.76 bits per heavy atom. The number of hydrogen-bond acceptors (Lipinski definition) is 7. The van der Waals surface area contributed by atoms with Crippen LogP contribution in [-0.2, 0) is 7.05 Å². The van der Waals surface area contributed by atoms with Crippen LogP contribution in [0.25, 0.3) is 22.6 Å². The first-order valence-electron chi connectivity index (χ1n) is 13.5. The van der Waals surface area contributed by atoms with Crippen LogP contribution in [0.4, 0.5) is 15.8 Å². The fourth-order valence-electron chi connectivity index (χ4n) is 4.77. The molecule has 0 atom stereocenters. The molecule has 3 aromatic carbocycles. The van der Waals surface area contributed by atoms with Crippen LogP contribution < -0.4 is 10.4 Å².